The number of nitrogens with one attached hydrogen (secondary N) is 2. The van der Waals surface area contributed by atoms with Crippen molar-refractivity contribution in [3.8, 4) is 0 Å². The molecule has 3 rings (SSSR count). The van der Waals surface area contributed by atoms with E-state index >= 15 is 0 Å². The zero-order valence-electron chi connectivity index (χ0n) is 14.5. The van der Waals surface area contributed by atoms with Gasteiger partial charge in [-0.3, -0.25) is 19.4 Å². The van der Waals surface area contributed by atoms with Crippen molar-refractivity contribution in [2.45, 2.75) is 26.7 Å². The van der Waals surface area contributed by atoms with Crippen LogP contribution in [0.4, 0.5) is 11.4 Å². The molecule has 0 unspecified atom stereocenters. The summed E-state index contributed by atoms with van der Waals surface area (Å²) in [5, 5.41) is 6.12. The number of anilines is 2. The molecule has 0 bridgehead atoms. The second-order valence-electron chi connectivity index (χ2n) is 6.13. The SMILES string of the molecule is Cc1nc2c(c(C)c1CCC(=O)Nc1ccccc1N)c(=O)[nH]n2C. The quantitative estimate of drug-likeness (QED) is 0.632. The van der Waals surface area contributed by atoms with Crippen LogP contribution in [0, 0.1) is 13.8 Å². The van der Waals surface area contributed by atoms with Gasteiger partial charge >= 0.3 is 0 Å². The van der Waals surface area contributed by atoms with E-state index in [-0.39, 0.29) is 17.9 Å². The van der Waals surface area contributed by atoms with E-state index in [2.05, 4.69) is 15.4 Å². The van der Waals surface area contributed by atoms with Crippen molar-refractivity contribution in [1.82, 2.24) is 14.8 Å². The van der Waals surface area contributed by atoms with E-state index in [9.17, 15) is 9.59 Å². The van der Waals surface area contributed by atoms with Gasteiger partial charge in [0.05, 0.1) is 16.8 Å². The lowest BCUT2D eigenvalue weighted by molar-refractivity contribution is -0.116. The lowest BCUT2D eigenvalue weighted by atomic mass is 10.00. The summed E-state index contributed by atoms with van der Waals surface area (Å²) in [6.07, 6.45) is 0.793. The number of amides is 1. The van der Waals surface area contributed by atoms with Gasteiger partial charge in [0.1, 0.15) is 0 Å². The van der Waals surface area contributed by atoms with Gasteiger partial charge in [0, 0.05) is 19.2 Å². The summed E-state index contributed by atoms with van der Waals surface area (Å²) in [4.78, 5) is 28.8. The number of benzene rings is 1. The molecule has 25 heavy (non-hydrogen) atoms. The smallest absolute Gasteiger partial charge is 0.273 e. The molecule has 1 aromatic carbocycles. The molecule has 0 saturated carbocycles. The molecule has 0 aliphatic rings. The highest BCUT2D eigenvalue weighted by atomic mass is 16.1. The predicted molar refractivity (Wildman–Crippen MR) is 98.6 cm³/mol. The fourth-order valence-electron chi connectivity index (χ4n) is 3.08. The number of carbonyl (C=O) groups is 1. The topological polar surface area (TPSA) is 106 Å². The Hall–Kier alpha value is -3.09. The maximum absolute atomic E-state index is 12.2. The number of nitrogens with zero attached hydrogens (tertiary/aromatic N) is 2. The van der Waals surface area contributed by atoms with Crippen molar-refractivity contribution in [3.05, 3.63) is 51.4 Å². The first kappa shape index (κ1) is 16.8. The summed E-state index contributed by atoms with van der Waals surface area (Å²) >= 11 is 0. The van der Waals surface area contributed by atoms with Crippen LogP contribution >= 0.6 is 0 Å². The number of para-hydroxylation sites is 2. The number of H-pyrrole nitrogens is 1. The first-order chi connectivity index (χ1) is 11.9. The van der Waals surface area contributed by atoms with Crippen LogP contribution in [0.1, 0.15) is 23.2 Å². The third-order valence-electron chi connectivity index (χ3n) is 4.41. The van der Waals surface area contributed by atoms with E-state index in [0.717, 1.165) is 16.8 Å². The predicted octanol–water partition coefficient (Wildman–Crippen LogP) is 2.03. The highest BCUT2D eigenvalue weighted by Crippen LogP contribution is 2.22. The summed E-state index contributed by atoms with van der Waals surface area (Å²) in [6, 6.07) is 7.14. The standard InChI is InChI=1S/C18H21N5O2/c1-10-12(11(2)20-17-16(10)18(25)22-23(17)3)8-9-15(24)21-14-7-5-4-6-13(14)19/h4-7H,8-9,19H2,1-3H3,(H,21,24)(H,22,25). The van der Waals surface area contributed by atoms with Crippen LogP contribution in [0.3, 0.4) is 0 Å². The van der Waals surface area contributed by atoms with E-state index in [4.69, 9.17) is 5.73 Å². The van der Waals surface area contributed by atoms with Gasteiger partial charge in [0.25, 0.3) is 5.56 Å². The van der Waals surface area contributed by atoms with E-state index in [1.165, 1.54) is 0 Å². The maximum atomic E-state index is 12.2. The molecule has 0 fully saturated rings. The highest BCUT2D eigenvalue weighted by molar-refractivity contribution is 5.94. The van der Waals surface area contributed by atoms with E-state index in [0.29, 0.717) is 28.8 Å². The van der Waals surface area contributed by atoms with E-state index < -0.39 is 0 Å². The van der Waals surface area contributed by atoms with Gasteiger partial charge in [-0.2, -0.15) is 0 Å². The summed E-state index contributed by atoms with van der Waals surface area (Å²) in [6.45, 7) is 3.79. The number of fused-ring (bicyclic) bond motifs is 1. The van der Waals surface area contributed by atoms with Gasteiger partial charge in [-0.1, -0.05) is 12.1 Å². The van der Waals surface area contributed by atoms with Crippen LogP contribution in [-0.2, 0) is 18.3 Å². The first-order valence-electron chi connectivity index (χ1n) is 8.07. The molecule has 2 aromatic heterocycles. The number of hydrogen-bond acceptors (Lipinski definition) is 4. The van der Waals surface area contributed by atoms with Crippen molar-refractivity contribution in [3.63, 3.8) is 0 Å². The Bertz CT molecular complexity index is 1020. The van der Waals surface area contributed by atoms with Gasteiger partial charge < -0.3 is 11.1 Å². The van der Waals surface area contributed by atoms with Gasteiger partial charge in [-0.05, 0) is 43.5 Å². The number of aryl methyl sites for hydroxylation is 3. The molecule has 130 valence electrons. The van der Waals surface area contributed by atoms with Gasteiger partial charge in [0.15, 0.2) is 5.65 Å². The summed E-state index contributed by atoms with van der Waals surface area (Å²) in [5.74, 6) is -0.126. The summed E-state index contributed by atoms with van der Waals surface area (Å²) < 4.78 is 1.62. The first-order valence-corrected chi connectivity index (χ1v) is 8.07. The number of carbonyl (C=O) groups excluding carboxylic acids is 1. The molecule has 2 heterocycles. The van der Waals surface area contributed by atoms with Crippen LogP contribution in [0.15, 0.2) is 29.1 Å². The largest absolute Gasteiger partial charge is 0.397 e. The molecule has 0 radical (unpaired) electrons. The summed E-state index contributed by atoms with van der Waals surface area (Å²) in [7, 11) is 1.76. The molecular weight excluding hydrogens is 318 g/mol. The van der Waals surface area contributed by atoms with Gasteiger partial charge in [-0.15, -0.1) is 0 Å². The minimum atomic E-state index is -0.162. The maximum Gasteiger partial charge on any atom is 0.273 e. The monoisotopic (exact) mass is 339 g/mol. The zero-order chi connectivity index (χ0) is 18.1. The van der Waals surface area contributed by atoms with Crippen LogP contribution in [0.2, 0.25) is 0 Å². The number of pyridine rings is 1. The Balaban J connectivity index is 1.81. The average Bonchev–Trinajstić information content (AvgIpc) is 2.83. The van der Waals surface area contributed by atoms with Crippen molar-refractivity contribution >= 4 is 28.3 Å². The third kappa shape index (κ3) is 3.13. The van der Waals surface area contributed by atoms with Gasteiger partial charge in [0.2, 0.25) is 5.91 Å². The van der Waals surface area contributed by atoms with Crippen molar-refractivity contribution in [2.24, 2.45) is 7.05 Å². The summed E-state index contributed by atoms with van der Waals surface area (Å²) in [5.41, 5.74) is 10.1. The molecule has 4 N–H and O–H groups in total. The number of nitrogen functional groups attached to an aromatic ring is 1. The molecule has 3 aromatic rings. The molecular formula is C18H21N5O2. The van der Waals surface area contributed by atoms with Crippen LogP contribution < -0.4 is 16.6 Å². The molecule has 0 aliphatic heterocycles. The lowest BCUT2D eigenvalue weighted by Crippen LogP contribution is -2.14. The molecule has 0 spiro atoms. The number of nitrogens with two attached hydrogens (primary N) is 1. The Labute approximate surface area is 144 Å². The third-order valence-corrected chi connectivity index (χ3v) is 4.41. The molecule has 1 amide bonds. The number of aromatic nitrogens is 3. The Morgan fingerprint density at radius 1 is 1.32 bits per heavy atom. The van der Waals surface area contributed by atoms with Gasteiger partial charge in [-0.25, -0.2) is 4.98 Å². The van der Waals surface area contributed by atoms with Crippen LogP contribution in [0.25, 0.3) is 11.0 Å². The molecule has 0 atom stereocenters. The van der Waals surface area contributed by atoms with Crippen molar-refractivity contribution in [1.29, 1.82) is 0 Å². The minimum absolute atomic E-state index is 0.126. The fraction of sp³-hybridized carbons (Fsp3) is 0.278. The van der Waals surface area contributed by atoms with Crippen LogP contribution in [-0.4, -0.2) is 20.7 Å². The van der Waals surface area contributed by atoms with E-state index in [1.54, 1.807) is 23.9 Å². The number of hydrogen-bond donors (Lipinski definition) is 3. The minimum Gasteiger partial charge on any atom is -0.397 e. The highest BCUT2D eigenvalue weighted by Gasteiger charge is 2.16. The average molecular weight is 339 g/mol. The normalized spacial score (nSPS) is 11.0. The molecule has 0 aliphatic carbocycles. The van der Waals surface area contributed by atoms with Crippen molar-refractivity contribution in [2.75, 3.05) is 11.1 Å². The second-order valence-corrected chi connectivity index (χ2v) is 6.13. The molecule has 0 saturated heterocycles. The fourth-order valence-corrected chi connectivity index (χ4v) is 3.08. The molecule has 7 nitrogen and oxygen atoms in total. The van der Waals surface area contributed by atoms with Crippen molar-refractivity contribution < 1.29 is 4.79 Å². The number of rotatable bonds is 4. The van der Waals surface area contributed by atoms with Crippen LogP contribution in [0.5, 0.6) is 0 Å². The Morgan fingerprint density at radius 2 is 2.04 bits per heavy atom. The molecule has 7 heteroatoms. The Kier molecular flexibility index (Phi) is 4.31. The number of aromatic amines is 1. The second kappa shape index (κ2) is 6.43. The zero-order valence-corrected chi connectivity index (χ0v) is 14.5. The lowest BCUT2D eigenvalue weighted by Gasteiger charge is -2.11. The van der Waals surface area contributed by atoms with E-state index in [1.807, 2.05) is 26.0 Å². The Morgan fingerprint density at radius 3 is 2.76 bits per heavy atom.